The van der Waals surface area contributed by atoms with Crippen LogP contribution in [0, 0.1) is 18.6 Å². The number of hydrogen-bond acceptors (Lipinski definition) is 3. The number of hydrogen-bond donors (Lipinski definition) is 0. The minimum absolute atomic E-state index is 0.0362. The van der Waals surface area contributed by atoms with Crippen LogP contribution in [0.3, 0.4) is 0 Å². The van der Waals surface area contributed by atoms with Crippen molar-refractivity contribution >= 4 is 5.70 Å². The maximum Gasteiger partial charge on any atom is 0.259 e. The zero-order chi connectivity index (χ0) is 20.1. The van der Waals surface area contributed by atoms with Crippen molar-refractivity contribution < 1.29 is 13.5 Å². The first-order chi connectivity index (χ1) is 12.7. The highest BCUT2D eigenvalue weighted by atomic mass is 19.1. The molecule has 4 nitrogen and oxygen atoms in total. The monoisotopic (exact) mass is 372 g/mol. The van der Waals surface area contributed by atoms with Crippen LogP contribution < -0.4 is 10.3 Å². The van der Waals surface area contributed by atoms with E-state index in [1.165, 1.54) is 6.07 Å². The predicted octanol–water partition coefficient (Wildman–Crippen LogP) is 4.79. The number of allylic oxidation sites excluding steroid dienone is 5. The van der Waals surface area contributed by atoms with E-state index in [9.17, 15) is 13.6 Å². The zero-order valence-electron chi connectivity index (χ0n) is 15.8. The minimum atomic E-state index is -0.796. The van der Waals surface area contributed by atoms with E-state index >= 15 is 0 Å². The van der Waals surface area contributed by atoms with Crippen molar-refractivity contribution in [3.63, 3.8) is 0 Å². The lowest BCUT2D eigenvalue weighted by atomic mass is 10.1. The molecule has 0 aliphatic heterocycles. The van der Waals surface area contributed by atoms with Gasteiger partial charge < -0.3 is 4.74 Å². The predicted molar refractivity (Wildman–Crippen MR) is 102 cm³/mol. The molecule has 0 saturated heterocycles. The standard InChI is InChI=1S/C21H22F2N2O2/c1-6-14(4)20(7-13(2)3)25-15(5)8-17(10-21(25)26)27-12-19-18(23)9-16(22)11-24-19/h6-11H,2,12H2,1,3-5H3/b14-6?,20-7+. The van der Waals surface area contributed by atoms with Crippen LogP contribution in [0.5, 0.6) is 5.75 Å². The summed E-state index contributed by atoms with van der Waals surface area (Å²) in [7, 11) is 0. The lowest BCUT2D eigenvalue weighted by Gasteiger charge is -2.16. The second kappa shape index (κ2) is 8.58. The highest BCUT2D eigenvalue weighted by molar-refractivity contribution is 5.67. The third-order valence-electron chi connectivity index (χ3n) is 3.91. The van der Waals surface area contributed by atoms with Gasteiger partial charge in [-0.1, -0.05) is 18.2 Å². The number of aromatic nitrogens is 2. The van der Waals surface area contributed by atoms with E-state index in [4.69, 9.17) is 4.74 Å². The second-order valence-corrected chi connectivity index (χ2v) is 6.22. The third-order valence-corrected chi connectivity index (χ3v) is 3.91. The fraction of sp³-hybridized carbons (Fsp3) is 0.238. The van der Waals surface area contributed by atoms with Crippen molar-refractivity contribution in [2.24, 2.45) is 0 Å². The highest BCUT2D eigenvalue weighted by Crippen LogP contribution is 2.21. The number of halogens is 2. The molecular weight excluding hydrogens is 350 g/mol. The van der Waals surface area contributed by atoms with Crippen LogP contribution in [0.15, 0.2) is 59.1 Å². The van der Waals surface area contributed by atoms with Crippen molar-refractivity contribution in [2.45, 2.75) is 34.3 Å². The first-order valence-corrected chi connectivity index (χ1v) is 8.40. The van der Waals surface area contributed by atoms with Crippen molar-refractivity contribution in [3.05, 3.63) is 87.6 Å². The molecule has 2 heterocycles. The van der Waals surface area contributed by atoms with Gasteiger partial charge in [0.25, 0.3) is 5.56 Å². The molecule has 142 valence electrons. The van der Waals surface area contributed by atoms with Gasteiger partial charge in [-0.3, -0.25) is 14.3 Å². The second-order valence-electron chi connectivity index (χ2n) is 6.22. The lowest BCUT2D eigenvalue weighted by molar-refractivity contribution is 0.292. The van der Waals surface area contributed by atoms with Gasteiger partial charge in [0.1, 0.15) is 23.9 Å². The van der Waals surface area contributed by atoms with Gasteiger partial charge in [0, 0.05) is 23.9 Å². The summed E-state index contributed by atoms with van der Waals surface area (Å²) in [5.41, 5.74) is 2.80. The third kappa shape index (κ3) is 5.00. The SMILES string of the molecule is C=C(C)/C=C(\C(C)=CC)n1c(C)cc(OCc2ncc(F)cc2F)cc1=O. The van der Waals surface area contributed by atoms with Gasteiger partial charge in [-0.05, 0) is 39.3 Å². The Kier molecular flexibility index (Phi) is 6.45. The smallest absolute Gasteiger partial charge is 0.259 e. The topological polar surface area (TPSA) is 44.1 Å². The molecule has 0 unspecified atom stereocenters. The fourth-order valence-electron chi connectivity index (χ4n) is 2.50. The van der Waals surface area contributed by atoms with E-state index in [0.29, 0.717) is 5.69 Å². The molecule has 2 rings (SSSR count). The van der Waals surface area contributed by atoms with E-state index in [1.54, 1.807) is 17.6 Å². The molecule has 0 aliphatic rings. The molecule has 0 radical (unpaired) electrons. The maximum absolute atomic E-state index is 13.7. The molecule has 0 saturated carbocycles. The average Bonchev–Trinajstić information content (AvgIpc) is 2.58. The molecule has 27 heavy (non-hydrogen) atoms. The van der Waals surface area contributed by atoms with Crippen molar-refractivity contribution in [3.8, 4) is 5.75 Å². The van der Waals surface area contributed by atoms with E-state index in [-0.39, 0.29) is 23.6 Å². The summed E-state index contributed by atoms with van der Waals surface area (Å²) in [5, 5.41) is 0. The Labute approximate surface area is 157 Å². The molecule has 2 aromatic heterocycles. The average molecular weight is 372 g/mol. The quantitative estimate of drug-likeness (QED) is 0.685. The Hall–Kier alpha value is -3.02. The van der Waals surface area contributed by atoms with E-state index in [1.807, 2.05) is 32.9 Å². The summed E-state index contributed by atoms with van der Waals surface area (Å²) in [6, 6.07) is 3.74. The number of pyridine rings is 2. The summed E-state index contributed by atoms with van der Waals surface area (Å²) in [5.74, 6) is -1.27. The molecule has 0 atom stereocenters. The van der Waals surface area contributed by atoms with Gasteiger partial charge in [0.2, 0.25) is 0 Å². The fourth-order valence-corrected chi connectivity index (χ4v) is 2.50. The first-order valence-electron chi connectivity index (χ1n) is 8.40. The Bertz CT molecular complexity index is 988. The number of ether oxygens (including phenoxy) is 1. The summed E-state index contributed by atoms with van der Waals surface area (Å²) < 4.78 is 33.6. The lowest BCUT2D eigenvalue weighted by Crippen LogP contribution is -2.22. The summed E-state index contributed by atoms with van der Waals surface area (Å²) in [6.45, 7) is 11.1. The normalized spacial score (nSPS) is 12.2. The summed E-state index contributed by atoms with van der Waals surface area (Å²) in [4.78, 5) is 16.3. The van der Waals surface area contributed by atoms with Gasteiger partial charge in [-0.25, -0.2) is 8.78 Å². The molecule has 0 spiro atoms. The van der Waals surface area contributed by atoms with Crippen molar-refractivity contribution in [2.75, 3.05) is 0 Å². The van der Waals surface area contributed by atoms with Crippen LogP contribution in [0.25, 0.3) is 5.70 Å². The largest absolute Gasteiger partial charge is 0.487 e. The zero-order valence-corrected chi connectivity index (χ0v) is 15.8. The Morgan fingerprint density at radius 2 is 2.00 bits per heavy atom. The molecule has 0 N–H and O–H groups in total. The molecule has 0 fully saturated rings. The number of rotatable bonds is 6. The van der Waals surface area contributed by atoms with Crippen LogP contribution in [-0.2, 0) is 6.61 Å². The van der Waals surface area contributed by atoms with Gasteiger partial charge in [-0.2, -0.15) is 0 Å². The van der Waals surface area contributed by atoms with Crippen LogP contribution in [0.4, 0.5) is 8.78 Å². The van der Waals surface area contributed by atoms with Gasteiger partial charge in [0.05, 0.1) is 11.9 Å². The van der Waals surface area contributed by atoms with Gasteiger partial charge in [0.15, 0.2) is 5.82 Å². The Balaban J connectivity index is 2.36. The minimum Gasteiger partial charge on any atom is -0.487 e. The van der Waals surface area contributed by atoms with Crippen LogP contribution in [0.1, 0.15) is 32.2 Å². The van der Waals surface area contributed by atoms with Crippen molar-refractivity contribution in [1.82, 2.24) is 9.55 Å². The van der Waals surface area contributed by atoms with Crippen LogP contribution >= 0.6 is 0 Å². The highest BCUT2D eigenvalue weighted by Gasteiger charge is 2.12. The van der Waals surface area contributed by atoms with Crippen molar-refractivity contribution in [1.29, 1.82) is 0 Å². The Morgan fingerprint density at radius 3 is 2.56 bits per heavy atom. The molecule has 2 aromatic rings. The summed E-state index contributed by atoms with van der Waals surface area (Å²) in [6.07, 6.45) is 4.66. The van der Waals surface area contributed by atoms with E-state index in [0.717, 1.165) is 29.1 Å². The number of nitrogens with zero attached hydrogens (tertiary/aromatic N) is 2. The van der Waals surface area contributed by atoms with Gasteiger partial charge >= 0.3 is 0 Å². The molecule has 0 aromatic carbocycles. The molecule has 0 aliphatic carbocycles. The number of aryl methyl sites for hydroxylation is 1. The summed E-state index contributed by atoms with van der Waals surface area (Å²) >= 11 is 0. The van der Waals surface area contributed by atoms with E-state index < -0.39 is 11.6 Å². The van der Waals surface area contributed by atoms with E-state index in [2.05, 4.69) is 11.6 Å². The maximum atomic E-state index is 13.7. The Morgan fingerprint density at radius 1 is 1.30 bits per heavy atom. The van der Waals surface area contributed by atoms with Crippen LogP contribution in [-0.4, -0.2) is 9.55 Å². The van der Waals surface area contributed by atoms with Gasteiger partial charge in [-0.15, -0.1) is 0 Å². The molecule has 6 heteroatoms. The molecule has 0 bridgehead atoms. The molecular formula is C21H22F2N2O2. The first kappa shape index (κ1) is 20.3. The van der Waals surface area contributed by atoms with Crippen LogP contribution in [0.2, 0.25) is 0 Å². The molecule has 0 amide bonds.